The van der Waals surface area contributed by atoms with Crippen LogP contribution < -0.4 is 0 Å². The van der Waals surface area contributed by atoms with E-state index < -0.39 is 46.6 Å². The van der Waals surface area contributed by atoms with Gasteiger partial charge in [-0.05, 0) is 0 Å². The summed E-state index contributed by atoms with van der Waals surface area (Å²) >= 11 is 0. The summed E-state index contributed by atoms with van der Waals surface area (Å²) in [6, 6.07) is -29.2. The fraction of sp³-hybridized carbons (Fsp3) is 1.00. The van der Waals surface area contributed by atoms with Crippen LogP contribution in [-0.2, 0) is 0 Å². The molecule has 0 aromatic carbocycles. The summed E-state index contributed by atoms with van der Waals surface area (Å²) in [7, 11) is 0. The molecule has 106 valence electrons. The molecule has 12 heteroatoms. The van der Waals surface area contributed by atoms with Gasteiger partial charge in [-0.3, -0.25) is 0 Å². The van der Waals surface area contributed by atoms with Gasteiger partial charge in [-0.25, -0.2) is 0 Å². The van der Waals surface area contributed by atoms with E-state index >= 15 is 0 Å². The SMILES string of the molecule is FC1(F)CN2C(F)(F)C(F)(F)N1C(F)(F)C2(F)F. The average Bonchev–Trinajstić information content (AvgIpc) is 2.07. The van der Waals surface area contributed by atoms with E-state index in [1.165, 1.54) is 0 Å². The third kappa shape index (κ3) is 1.13. The van der Waals surface area contributed by atoms with E-state index in [4.69, 9.17) is 0 Å². The zero-order chi connectivity index (χ0) is 14.4. The van der Waals surface area contributed by atoms with E-state index in [1.807, 2.05) is 0 Å². The lowest BCUT2D eigenvalue weighted by Crippen LogP contribution is -2.89. The normalized spacial score (nSPS) is 41.7. The third-order valence-corrected chi connectivity index (χ3v) is 2.64. The largest absolute Gasteiger partial charge is 0.392 e. The van der Waals surface area contributed by atoms with Crippen LogP contribution in [0.4, 0.5) is 43.9 Å². The van der Waals surface area contributed by atoms with Crippen LogP contribution in [0.2, 0.25) is 0 Å². The number of piperazine rings is 3. The van der Waals surface area contributed by atoms with Gasteiger partial charge in [0.25, 0.3) is 0 Å². The second kappa shape index (κ2) is 2.86. The predicted molar refractivity (Wildman–Crippen MR) is 33.3 cm³/mol. The number of nitrogens with zero attached hydrogens (tertiary/aromatic N) is 2. The fourth-order valence-corrected chi connectivity index (χ4v) is 1.82. The zero-order valence-corrected chi connectivity index (χ0v) is 7.88. The summed E-state index contributed by atoms with van der Waals surface area (Å²) in [6.45, 7) is -2.64. The van der Waals surface area contributed by atoms with Gasteiger partial charge in [0.1, 0.15) is 0 Å². The molecule has 3 heterocycles. The molecule has 3 aliphatic heterocycles. The first-order valence-electron chi connectivity index (χ1n) is 4.18. The molecular weight excluding hydrogens is 290 g/mol. The number of hydrogen-bond acceptors (Lipinski definition) is 2. The molecule has 0 aromatic heterocycles. The van der Waals surface area contributed by atoms with Crippen LogP contribution in [0, 0.1) is 0 Å². The van der Waals surface area contributed by atoms with E-state index in [2.05, 4.69) is 0 Å². The monoisotopic (exact) mass is 292 g/mol. The second-order valence-electron chi connectivity index (χ2n) is 3.75. The predicted octanol–water partition coefficient (Wildman–Crippen LogP) is 2.58. The quantitative estimate of drug-likeness (QED) is 0.500. The first-order valence-corrected chi connectivity index (χ1v) is 4.18. The Bertz CT molecular complexity index is 362. The summed E-state index contributed by atoms with van der Waals surface area (Å²) in [5.41, 5.74) is 0. The van der Waals surface area contributed by atoms with Gasteiger partial charge in [-0.15, -0.1) is 4.90 Å². The molecule has 0 atom stereocenters. The number of hydrogen-bond donors (Lipinski definition) is 0. The Morgan fingerprint density at radius 1 is 0.556 bits per heavy atom. The first-order chi connectivity index (χ1) is 7.71. The van der Waals surface area contributed by atoms with Crippen molar-refractivity contribution in [3.63, 3.8) is 0 Å². The summed E-state index contributed by atoms with van der Waals surface area (Å²) in [5.74, 6) is 0. The zero-order valence-electron chi connectivity index (χ0n) is 7.88. The molecule has 3 fully saturated rings. The molecule has 2 bridgehead atoms. The molecule has 0 amide bonds. The van der Waals surface area contributed by atoms with E-state index in [9.17, 15) is 43.9 Å². The first kappa shape index (κ1) is 13.6. The minimum Gasteiger partial charge on any atom is -0.187 e. The van der Waals surface area contributed by atoms with Crippen molar-refractivity contribution in [1.29, 1.82) is 0 Å². The molecular formula is C6H2F10N2. The van der Waals surface area contributed by atoms with Gasteiger partial charge in [0.15, 0.2) is 0 Å². The van der Waals surface area contributed by atoms with Crippen LogP contribution in [-0.4, -0.2) is 46.6 Å². The van der Waals surface area contributed by atoms with E-state index in [0.717, 1.165) is 0 Å². The minimum absolute atomic E-state index is 2.17. The van der Waals surface area contributed by atoms with E-state index in [1.54, 1.807) is 0 Å². The van der Waals surface area contributed by atoms with Gasteiger partial charge >= 0.3 is 30.2 Å². The maximum atomic E-state index is 12.9. The van der Waals surface area contributed by atoms with Crippen LogP contribution in [0.25, 0.3) is 0 Å². The molecule has 0 N–H and O–H groups in total. The highest BCUT2D eigenvalue weighted by Crippen LogP contribution is 2.63. The fourth-order valence-electron chi connectivity index (χ4n) is 1.82. The van der Waals surface area contributed by atoms with Crippen molar-refractivity contribution in [3.8, 4) is 0 Å². The molecule has 0 aliphatic carbocycles. The second-order valence-corrected chi connectivity index (χ2v) is 3.75. The lowest BCUT2D eigenvalue weighted by atomic mass is 10.1. The third-order valence-electron chi connectivity index (χ3n) is 2.64. The van der Waals surface area contributed by atoms with Gasteiger partial charge in [-0.2, -0.15) is 48.8 Å². The maximum absolute atomic E-state index is 12.9. The smallest absolute Gasteiger partial charge is 0.187 e. The van der Waals surface area contributed by atoms with Gasteiger partial charge in [0, 0.05) is 0 Å². The topological polar surface area (TPSA) is 6.48 Å². The van der Waals surface area contributed by atoms with Crippen molar-refractivity contribution in [1.82, 2.24) is 9.80 Å². The molecule has 0 unspecified atom stereocenters. The molecule has 0 radical (unpaired) electrons. The number of rotatable bonds is 0. The Kier molecular flexibility index (Phi) is 2.17. The maximum Gasteiger partial charge on any atom is 0.392 e. The molecule has 18 heavy (non-hydrogen) atoms. The molecule has 0 spiro atoms. The molecule has 3 aliphatic rings. The van der Waals surface area contributed by atoms with Crippen molar-refractivity contribution in [2.24, 2.45) is 0 Å². The Hall–Kier alpha value is -0.780. The average molecular weight is 292 g/mol. The Labute approximate surface area is 91.7 Å². The summed E-state index contributed by atoms with van der Waals surface area (Å²) in [6.07, 6.45) is 0. The highest BCUT2D eigenvalue weighted by molar-refractivity contribution is 5.10. The molecule has 0 aromatic rings. The number of fused-ring (bicyclic) bond motifs is 3. The minimum atomic E-state index is -6.14. The highest BCUT2D eigenvalue weighted by Gasteiger charge is 2.92. The van der Waals surface area contributed by atoms with E-state index in [-0.39, 0.29) is 0 Å². The van der Waals surface area contributed by atoms with Crippen molar-refractivity contribution >= 4 is 0 Å². The van der Waals surface area contributed by atoms with E-state index in [0.29, 0.717) is 0 Å². The highest BCUT2D eigenvalue weighted by atomic mass is 19.3. The molecule has 3 saturated heterocycles. The number of halogens is 10. The van der Waals surface area contributed by atoms with Gasteiger partial charge < -0.3 is 0 Å². The Morgan fingerprint density at radius 2 is 0.889 bits per heavy atom. The molecule has 2 nitrogen and oxygen atoms in total. The van der Waals surface area contributed by atoms with Crippen molar-refractivity contribution in [3.05, 3.63) is 0 Å². The van der Waals surface area contributed by atoms with Crippen LogP contribution in [0.15, 0.2) is 0 Å². The van der Waals surface area contributed by atoms with Crippen molar-refractivity contribution in [2.75, 3.05) is 6.54 Å². The Balaban J connectivity index is 2.71. The van der Waals surface area contributed by atoms with Crippen molar-refractivity contribution < 1.29 is 43.9 Å². The lowest BCUT2D eigenvalue weighted by Gasteiger charge is -2.59. The van der Waals surface area contributed by atoms with Gasteiger partial charge in [-0.1, -0.05) is 0 Å². The standard InChI is InChI=1S/C6H2F10N2/c7-2(8)1-17-3(9,10)5(13,14)18(2)6(15,16)4(17,11)12/h1H2. The van der Waals surface area contributed by atoms with Crippen molar-refractivity contribution in [2.45, 2.75) is 30.2 Å². The van der Waals surface area contributed by atoms with Crippen LogP contribution >= 0.6 is 0 Å². The molecule has 0 saturated carbocycles. The summed E-state index contributed by atoms with van der Waals surface area (Å²) in [4.78, 5) is -4.88. The lowest BCUT2D eigenvalue weighted by molar-refractivity contribution is -0.573. The summed E-state index contributed by atoms with van der Waals surface area (Å²) < 4.78 is 128. The molecule has 3 rings (SSSR count). The summed E-state index contributed by atoms with van der Waals surface area (Å²) in [5, 5.41) is 0. The van der Waals surface area contributed by atoms with Crippen LogP contribution in [0.1, 0.15) is 0 Å². The van der Waals surface area contributed by atoms with Gasteiger partial charge in [0.05, 0.1) is 6.54 Å². The Morgan fingerprint density at radius 3 is 1.17 bits per heavy atom. The van der Waals surface area contributed by atoms with Gasteiger partial charge in [0.2, 0.25) is 0 Å². The van der Waals surface area contributed by atoms with Crippen LogP contribution in [0.5, 0.6) is 0 Å². The number of alkyl halides is 10. The van der Waals surface area contributed by atoms with Crippen LogP contribution in [0.3, 0.4) is 0 Å².